The average molecular weight is 266 g/mol. The molecule has 0 saturated heterocycles. The van der Waals surface area contributed by atoms with Gasteiger partial charge in [-0.05, 0) is 24.5 Å². The molecule has 1 N–H and O–H groups in total. The lowest BCUT2D eigenvalue weighted by molar-refractivity contribution is 0.00748. The highest BCUT2D eigenvalue weighted by Crippen LogP contribution is 2.50. The van der Waals surface area contributed by atoms with E-state index in [0.717, 1.165) is 29.3 Å². The summed E-state index contributed by atoms with van der Waals surface area (Å²) in [7, 11) is 0. The van der Waals surface area contributed by atoms with Crippen LogP contribution in [0, 0.1) is 16.7 Å². The van der Waals surface area contributed by atoms with Crippen molar-refractivity contribution in [3.8, 4) is 6.07 Å². The molecule has 2 rings (SSSR count). The molecule has 1 fully saturated rings. The Bertz CT molecular complexity index is 406. The molecule has 1 atom stereocenters. The zero-order valence-corrected chi connectivity index (χ0v) is 9.87. The van der Waals surface area contributed by atoms with E-state index in [4.69, 9.17) is 5.26 Å². The van der Waals surface area contributed by atoms with Crippen molar-refractivity contribution in [1.29, 1.82) is 5.26 Å². The van der Waals surface area contributed by atoms with E-state index in [2.05, 4.69) is 22.0 Å². The maximum absolute atomic E-state index is 10.2. The molecule has 78 valence electrons. The van der Waals surface area contributed by atoms with Gasteiger partial charge in [-0.25, -0.2) is 0 Å². The minimum atomic E-state index is -0.674. The second kappa shape index (κ2) is 3.96. The standard InChI is InChI=1S/C12H12BrNO/c13-10-5-2-1-4-9(10)11(15)12(8-14)6-3-7-12/h1-2,4-5,11,15H,3,6-7H2. The van der Waals surface area contributed by atoms with Crippen molar-refractivity contribution in [3.63, 3.8) is 0 Å². The molecule has 0 aromatic heterocycles. The van der Waals surface area contributed by atoms with E-state index < -0.39 is 11.5 Å². The molecular formula is C12H12BrNO. The highest BCUT2D eigenvalue weighted by atomic mass is 79.9. The predicted molar refractivity (Wildman–Crippen MR) is 61.0 cm³/mol. The molecule has 1 saturated carbocycles. The second-order valence-corrected chi connectivity index (χ2v) is 4.90. The van der Waals surface area contributed by atoms with Crippen LogP contribution in [0.25, 0.3) is 0 Å². The number of nitriles is 1. The van der Waals surface area contributed by atoms with Crippen molar-refractivity contribution in [2.24, 2.45) is 5.41 Å². The summed E-state index contributed by atoms with van der Waals surface area (Å²) in [5.74, 6) is 0. The van der Waals surface area contributed by atoms with E-state index in [9.17, 15) is 5.11 Å². The van der Waals surface area contributed by atoms with Gasteiger partial charge in [-0.1, -0.05) is 40.5 Å². The molecule has 1 unspecified atom stereocenters. The maximum atomic E-state index is 10.2. The first kappa shape index (κ1) is 10.7. The summed E-state index contributed by atoms with van der Waals surface area (Å²) in [5.41, 5.74) is 0.267. The van der Waals surface area contributed by atoms with Crippen LogP contribution in [0.4, 0.5) is 0 Å². The van der Waals surface area contributed by atoms with Crippen LogP contribution in [0.3, 0.4) is 0 Å². The van der Waals surface area contributed by atoms with Crippen LogP contribution in [0.5, 0.6) is 0 Å². The van der Waals surface area contributed by atoms with E-state index in [1.165, 1.54) is 0 Å². The van der Waals surface area contributed by atoms with E-state index in [1.54, 1.807) is 0 Å². The van der Waals surface area contributed by atoms with Crippen molar-refractivity contribution >= 4 is 15.9 Å². The molecule has 0 spiro atoms. The van der Waals surface area contributed by atoms with Gasteiger partial charge in [0.15, 0.2) is 0 Å². The lowest BCUT2D eigenvalue weighted by Gasteiger charge is -2.39. The first-order chi connectivity index (χ1) is 7.19. The van der Waals surface area contributed by atoms with Gasteiger partial charge in [0, 0.05) is 4.47 Å². The van der Waals surface area contributed by atoms with Crippen LogP contribution < -0.4 is 0 Å². The van der Waals surface area contributed by atoms with Gasteiger partial charge in [0.2, 0.25) is 0 Å². The van der Waals surface area contributed by atoms with Crippen LogP contribution in [-0.4, -0.2) is 5.11 Å². The smallest absolute Gasteiger partial charge is 0.0987 e. The molecular weight excluding hydrogens is 254 g/mol. The quantitative estimate of drug-likeness (QED) is 0.893. The number of rotatable bonds is 2. The van der Waals surface area contributed by atoms with E-state index in [-0.39, 0.29) is 0 Å². The molecule has 1 aliphatic carbocycles. The largest absolute Gasteiger partial charge is 0.387 e. The number of aliphatic hydroxyl groups excluding tert-OH is 1. The van der Waals surface area contributed by atoms with Crippen molar-refractivity contribution in [3.05, 3.63) is 34.3 Å². The Morgan fingerprint density at radius 2 is 2.07 bits per heavy atom. The number of benzene rings is 1. The summed E-state index contributed by atoms with van der Waals surface area (Å²) in [4.78, 5) is 0. The zero-order chi connectivity index (χ0) is 10.9. The molecule has 0 aliphatic heterocycles. The summed E-state index contributed by atoms with van der Waals surface area (Å²) in [6.07, 6.45) is 1.96. The fraction of sp³-hybridized carbons (Fsp3) is 0.417. The molecule has 1 aliphatic rings. The van der Waals surface area contributed by atoms with E-state index in [1.807, 2.05) is 24.3 Å². The van der Waals surface area contributed by atoms with Crippen LogP contribution >= 0.6 is 15.9 Å². The maximum Gasteiger partial charge on any atom is 0.0987 e. The number of hydrogen-bond acceptors (Lipinski definition) is 2. The third-order valence-corrected chi connectivity index (χ3v) is 3.91. The van der Waals surface area contributed by atoms with Crippen molar-refractivity contribution in [2.45, 2.75) is 25.4 Å². The average Bonchev–Trinajstić information content (AvgIpc) is 2.17. The van der Waals surface area contributed by atoms with Crippen molar-refractivity contribution < 1.29 is 5.11 Å². The molecule has 0 amide bonds. The number of aliphatic hydroxyl groups is 1. The summed E-state index contributed by atoms with van der Waals surface area (Å²) < 4.78 is 0.874. The number of halogens is 1. The minimum absolute atomic E-state index is 0.552. The van der Waals surface area contributed by atoms with Crippen molar-refractivity contribution in [1.82, 2.24) is 0 Å². The summed E-state index contributed by atoms with van der Waals surface area (Å²) in [5, 5.41) is 19.4. The molecule has 0 radical (unpaired) electrons. The predicted octanol–water partition coefficient (Wildman–Crippen LogP) is 3.18. The normalized spacial score (nSPS) is 20.1. The van der Waals surface area contributed by atoms with Gasteiger partial charge >= 0.3 is 0 Å². The highest BCUT2D eigenvalue weighted by molar-refractivity contribution is 9.10. The molecule has 1 aromatic carbocycles. The van der Waals surface area contributed by atoms with Crippen LogP contribution in [-0.2, 0) is 0 Å². The molecule has 15 heavy (non-hydrogen) atoms. The molecule has 2 nitrogen and oxygen atoms in total. The number of hydrogen-bond donors (Lipinski definition) is 1. The monoisotopic (exact) mass is 265 g/mol. The number of nitrogens with zero attached hydrogens (tertiary/aromatic N) is 1. The molecule has 0 bridgehead atoms. The minimum Gasteiger partial charge on any atom is -0.387 e. The summed E-state index contributed by atoms with van der Waals surface area (Å²) in [6, 6.07) is 9.81. The van der Waals surface area contributed by atoms with E-state index in [0.29, 0.717) is 0 Å². The third kappa shape index (κ3) is 1.68. The fourth-order valence-electron chi connectivity index (χ4n) is 2.00. The van der Waals surface area contributed by atoms with Crippen LogP contribution in [0.15, 0.2) is 28.7 Å². The molecule has 1 aromatic rings. The molecule has 3 heteroatoms. The van der Waals surface area contributed by atoms with Gasteiger partial charge in [-0.15, -0.1) is 0 Å². The Morgan fingerprint density at radius 1 is 1.40 bits per heavy atom. The Labute approximate surface area is 97.7 Å². The van der Waals surface area contributed by atoms with Crippen LogP contribution in [0.1, 0.15) is 30.9 Å². The van der Waals surface area contributed by atoms with Crippen LogP contribution in [0.2, 0.25) is 0 Å². The fourth-order valence-corrected chi connectivity index (χ4v) is 2.50. The van der Waals surface area contributed by atoms with E-state index >= 15 is 0 Å². The van der Waals surface area contributed by atoms with Crippen molar-refractivity contribution in [2.75, 3.05) is 0 Å². The summed E-state index contributed by atoms with van der Waals surface area (Å²) in [6.45, 7) is 0. The van der Waals surface area contributed by atoms with Gasteiger partial charge in [-0.2, -0.15) is 5.26 Å². The van der Waals surface area contributed by atoms with Gasteiger partial charge < -0.3 is 5.11 Å². The zero-order valence-electron chi connectivity index (χ0n) is 8.28. The Hall–Kier alpha value is -0.850. The van der Waals surface area contributed by atoms with Gasteiger partial charge in [0.25, 0.3) is 0 Å². The summed E-state index contributed by atoms with van der Waals surface area (Å²) >= 11 is 3.40. The SMILES string of the molecule is N#CC1(C(O)c2ccccc2Br)CCC1. The van der Waals surface area contributed by atoms with Gasteiger partial charge in [0.05, 0.1) is 17.6 Å². The lowest BCUT2D eigenvalue weighted by atomic mass is 9.65. The first-order valence-corrected chi connectivity index (χ1v) is 5.83. The first-order valence-electron chi connectivity index (χ1n) is 5.03. The third-order valence-electron chi connectivity index (χ3n) is 3.19. The topological polar surface area (TPSA) is 44.0 Å². The van der Waals surface area contributed by atoms with Gasteiger partial charge in [0.1, 0.15) is 0 Å². The molecule has 0 heterocycles. The highest BCUT2D eigenvalue weighted by Gasteiger charge is 2.45. The second-order valence-electron chi connectivity index (χ2n) is 4.05. The Morgan fingerprint density at radius 3 is 2.53 bits per heavy atom. The Kier molecular flexibility index (Phi) is 2.81. The lowest BCUT2D eigenvalue weighted by Crippen LogP contribution is -2.34. The van der Waals surface area contributed by atoms with Gasteiger partial charge in [-0.3, -0.25) is 0 Å². The Balaban J connectivity index is 2.32.